The molecule has 1 saturated carbocycles. The molecule has 4 nitrogen and oxygen atoms in total. The van der Waals surface area contributed by atoms with E-state index in [9.17, 15) is 5.11 Å². The standard InChI is InChI=1S/C18H18N2O2/c21-18(10-5-2-6-11-18)14-9-12-19-17-15(14)20-16(22-17)13-7-3-1-4-8-13/h1,3-4,7-9,12,21H,2,5-6,10-11H2. The van der Waals surface area contributed by atoms with Gasteiger partial charge in [0.15, 0.2) is 0 Å². The first-order valence-electron chi connectivity index (χ1n) is 7.80. The Balaban J connectivity index is 1.85. The molecule has 0 amide bonds. The van der Waals surface area contributed by atoms with E-state index in [0.717, 1.165) is 36.8 Å². The molecule has 4 rings (SSSR count). The molecule has 4 heteroatoms. The lowest BCUT2D eigenvalue weighted by Gasteiger charge is -2.32. The summed E-state index contributed by atoms with van der Waals surface area (Å²) in [7, 11) is 0. The van der Waals surface area contributed by atoms with Crippen molar-refractivity contribution in [2.75, 3.05) is 0 Å². The number of rotatable bonds is 2. The highest BCUT2D eigenvalue weighted by Crippen LogP contribution is 2.40. The third-order valence-electron chi connectivity index (χ3n) is 4.50. The molecule has 0 spiro atoms. The predicted molar refractivity (Wildman–Crippen MR) is 84.2 cm³/mol. The van der Waals surface area contributed by atoms with Crippen molar-refractivity contribution in [1.29, 1.82) is 0 Å². The number of pyridine rings is 1. The molecule has 0 atom stereocenters. The highest BCUT2D eigenvalue weighted by molar-refractivity contribution is 5.77. The van der Waals surface area contributed by atoms with E-state index < -0.39 is 5.60 Å². The maximum Gasteiger partial charge on any atom is 0.247 e. The second kappa shape index (κ2) is 5.21. The Morgan fingerprint density at radius 3 is 2.55 bits per heavy atom. The number of nitrogens with zero attached hydrogens (tertiary/aromatic N) is 2. The minimum atomic E-state index is -0.801. The Hall–Kier alpha value is -2.20. The lowest BCUT2D eigenvalue weighted by molar-refractivity contribution is 0.000552. The Kier molecular flexibility index (Phi) is 3.19. The third-order valence-corrected chi connectivity index (χ3v) is 4.50. The van der Waals surface area contributed by atoms with Gasteiger partial charge in [0, 0.05) is 17.3 Å². The van der Waals surface area contributed by atoms with Gasteiger partial charge in [-0.15, -0.1) is 0 Å². The van der Waals surface area contributed by atoms with E-state index in [1.54, 1.807) is 6.20 Å². The lowest BCUT2D eigenvalue weighted by atomic mass is 9.80. The van der Waals surface area contributed by atoms with Crippen molar-refractivity contribution in [2.24, 2.45) is 0 Å². The zero-order chi connectivity index (χ0) is 15.0. The molecule has 0 saturated heterocycles. The molecule has 1 aromatic carbocycles. The van der Waals surface area contributed by atoms with Gasteiger partial charge < -0.3 is 9.52 Å². The fraction of sp³-hybridized carbons (Fsp3) is 0.333. The van der Waals surface area contributed by atoms with Crippen LogP contribution in [-0.2, 0) is 5.60 Å². The van der Waals surface area contributed by atoms with Crippen molar-refractivity contribution < 1.29 is 9.52 Å². The summed E-state index contributed by atoms with van der Waals surface area (Å²) in [4.78, 5) is 8.89. The van der Waals surface area contributed by atoms with Crippen LogP contribution < -0.4 is 0 Å². The van der Waals surface area contributed by atoms with E-state index in [0.29, 0.717) is 17.1 Å². The van der Waals surface area contributed by atoms with Crippen LogP contribution in [0.3, 0.4) is 0 Å². The molecule has 112 valence electrons. The van der Waals surface area contributed by atoms with Gasteiger partial charge in [0.05, 0.1) is 5.60 Å². The zero-order valence-electron chi connectivity index (χ0n) is 12.3. The molecule has 1 aliphatic carbocycles. The van der Waals surface area contributed by atoms with Gasteiger partial charge in [0.2, 0.25) is 11.6 Å². The Bertz CT molecular complexity index is 789. The summed E-state index contributed by atoms with van der Waals surface area (Å²) in [5, 5.41) is 11.0. The molecular formula is C18H18N2O2. The summed E-state index contributed by atoms with van der Waals surface area (Å²) in [5.41, 5.74) is 2.15. The fourth-order valence-corrected chi connectivity index (χ4v) is 3.32. The Morgan fingerprint density at radius 2 is 1.77 bits per heavy atom. The molecule has 2 heterocycles. The summed E-state index contributed by atoms with van der Waals surface area (Å²) in [6.07, 6.45) is 6.53. The first kappa shape index (κ1) is 13.5. The average molecular weight is 294 g/mol. The van der Waals surface area contributed by atoms with Gasteiger partial charge >= 0.3 is 0 Å². The third kappa shape index (κ3) is 2.20. The van der Waals surface area contributed by atoms with Crippen LogP contribution in [0.1, 0.15) is 37.7 Å². The fourth-order valence-electron chi connectivity index (χ4n) is 3.32. The quantitative estimate of drug-likeness (QED) is 0.775. The largest absolute Gasteiger partial charge is 0.418 e. The van der Waals surface area contributed by atoms with Gasteiger partial charge in [-0.25, -0.2) is 9.97 Å². The van der Waals surface area contributed by atoms with Crippen LogP contribution in [0.25, 0.3) is 22.7 Å². The number of aromatic nitrogens is 2. The van der Waals surface area contributed by atoms with Crippen LogP contribution in [0.2, 0.25) is 0 Å². The molecule has 22 heavy (non-hydrogen) atoms. The first-order chi connectivity index (χ1) is 10.8. The Labute approximate surface area is 128 Å². The number of oxazole rings is 1. The highest BCUT2D eigenvalue weighted by atomic mass is 16.4. The van der Waals surface area contributed by atoms with Gasteiger partial charge in [-0.2, -0.15) is 0 Å². The molecular weight excluding hydrogens is 276 g/mol. The van der Waals surface area contributed by atoms with Crippen LogP contribution in [0, 0.1) is 0 Å². The number of benzene rings is 1. The topological polar surface area (TPSA) is 59.2 Å². The monoisotopic (exact) mass is 294 g/mol. The van der Waals surface area contributed by atoms with Gasteiger partial charge in [-0.05, 0) is 31.0 Å². The molecule has 1 N–H and O–H groups in total. The van der Waals surface area contributed by atoms with E-state index in [-0.39, 0.29) is 0 Å². The predicted octanol–water partition coefficient (Wildman–Crippen LogP) is 4.04. The minimum Gasteiger partial charge on any atom is -0.418 e. The second-order valence-electron chi connectivity index (χ2n) is 5.99. The van der Waals surface area contributed by atoms with Crippen LogP contribution in [0.4, 0.5) is 0 Å². The van der Waals surface area contributed by atoms with Crippen molar-refractivity contribution in [3.8, 4) is 11.5 Å². The molecule has 0 aliphatic heterocycles. The smallest absolute Gasteiger partial charge is 0.247 e. The van der Waals surface area contributed by atoms with Crippen molar-refractivity contribution in [3.63, 3.8) is 0 Å². The van der Waals surface area contributed by atoms with Gasteiger partial charge in [-0.3, -0.25) is 0 Å². The van der Waals surface area contributed by atoms with E-state index in [2.05, 4.69) is 9.97 Å². The maximum absolute atomic E-state index is 11.0. The number of hydrogen-bond donors (Lipinski definition) is 1. The summed E-state index contributed by atoms with van der Waals surface area (Å²) in [5.74, 6) is 0.551. The zero-order valence-corrected chi connectivity index (χ0v) is 12.3. The summed E-state index contributed by atoms with van der Waals surface area (Å²) in [6.45, 7) is 0. The van der Waals surface area contributed by atoms with Crippen molar-refractivity contribution in [1.82, 2.24) is 9.97 Å². The van der Waals surface area contributed by atoms with Gasteiger partial charge in [0.25, 0.3) is 0 Å². The molecule has 0 unspecified atom stereocenters. The lowest BCUT2D eigenvalue weighted by Crippen LogP contribution is -2.28. The summed E-state index contributed by atoms with van der Waals surface area (Å²) < 4.78 is 5.80. The molecule has 0 radical (unpaired) electrons. The van der Waals surface area contributed by atoms with E-state index in [1.807, 2.05) is 36.4 Å². The van der Waals surface area contributed by atoms with Crippen LogP contribution >= 0.6 is 0 Å². The van der Waals surface area contributed by atoms with Crippen LogP contribution in [-0.4, -0.2) is 15.1 Å². The molecule has 0 bridgehead atoms. The number of aliphatic hydroxyl groups is 1. The number of hydrogen-bond acceptors (Lipinski definition) is 4. The van der Waals surface area contributed by atoms with Crippen molar-refractivity contribution >= 4 is 11.2 Å². The molecule has 2 aromatic heterocycles. The van der Waals surface area contributed by atoms with Gasteiger partial charge in [-0.1, -0.05) is 37.5 Å². The van der Waals surface area contributed by atoms with E-state index in [4.69, 9.17) is 4.42 Å². The van der Waals surface area contributed by atoms with Crippen molar-refractivity contribution in [3.05, 3.63) is 48.2 Å². The Morgan fingerprint density at radius 1 is 1.00 bits per heavy atom. The van der Waals surface area contributed by atoms with Crippen molar-refractivity contribution in [2.45, 2.75) is 37.7 Å². The van der Waals surface area contributed by atoms with Gasteiger partial charge in [0.1, 0.15) is 5.52 Å². The highest BCUT2D eigenvalue weighted by Gasteiger charge is 2.34. The average Bonchev–Trinajstić information content (AvgIpc) is 3.00. The van der Waals surface area contributed by atoms with E-state index in [1.165, 1.54) is 6.42 Å². The van der Waals surface area contributed by atoms with E-state index >= 15 is 0 Å². The summed E-state index contributed by atoms with van der Waals surface area (Å²) >= 11 is 0. The molecule has 3 aromatic rings. The van der Waals surface area contributed by atoms with Crippen LogP contribution in [0.15, 0.2) is 47.0 Å². The SMILES string of the molecule is OC1(c2ccnc3oc(-c4ccccc4)nc23)CCCCC1. The normalized spacial score (nSPS) is 17.7. The first-order valence-corrected chi connectivity index (χ1v) is 7.80. The minimum absolute atomic E-state index is 0.496. The summed E-state index contributed by atoms with van der Waals surface area (Å²) in [6, 6.07) is 11.7. The molecule has 1 fully saturated rings. The number of fused-ring (bicyclic) bond motifs is 1. The second-order valence-corrected chi connectivity index (χ2v) is 5.99. The van der Waals surface area contributed by atoms with Crippen LogP contribution in [0.5, 0.6) is 0 Å². The maximum atomic E-state index is 11.0. The molecule has 1 aliphatic rings.